The third-order valence-electron chi connectivity index (χ3n) is 5.61. The lowest BCUT2D eigenvalue weighted by molar-refractivity contribution is 0.0470. The molecule has 0 bridgehead atoms. The lowest BCUT2D eigenvalue weighted by atomic mass is 10.1. The molecule has 0 atom stereocenters. The maximum Gasteiger partial charge on any atom is 0.342 e. The molecule has 0 aliphatic heterocycles. The molecule has 0 amide bonds. The second kappa shape index (κ2) is 8.80. The van der Waals surface area contributed by atoms with E-state index in [1.54, 1.807) is 24.3 Å². The molecule has 0 saturated heterocycles. The number of hydrogen-bond donors (Lipinski definition) is 0. The van der Waals surface area contributed by atoms with Crippen molar-refractivity contribution in [2.45, 2.75) is 46.3 Å². The van der Waals surface area contributed by atoms with Crippen molar-refractivity contribution in [1.82, 2.24) is 4.57 Å². The highest BCUT2D eigenvalue weighted by Gasteiger charge is 2.28. The summed E-state index contributed by atoms with van der Waals surface area (Å²) in [6.45, 7) is 6.04. The summed E-state index contributed by atoms with van der Waals surface area (Å²) in [6, 6.07) is 17.3. The Morgan fingerprint density at radius 2 is 1.74 bits per heavy atom. The lowest BCUT2D eigenvalue weighted by Crippen LogP contribution is -2.16. The normalized spacial score (nSPS) is 13.1. The largest absolute Gasteiger partial charge is 0.488 e. The molecule has 160 valence electrons. The number of benzene rings is 2. The lowest BCUT2D eigenvalue weighted by Gasteiger charge is -2.12. The topological polar surface area (TPSA) is 57.5 Å². The van der Waals surface area contributed by atoms with Gasteiger partial charge in [-0.1, -0.05) is 42.0 Å². The minimum absolute atomic E-state index is 0.188. The van der Waals surface area contributed by atoms with Crippen molar-refractivity contribution in [3.05, 3.63) is 88.2 Å². The molecule has 1 aromatic heterocycles. The number of aryl methyl sites for hydroxylation is 2. The number of nitrogens with zero attached hydrogens (tertiary/aromatic N) is 1. The molecule has 0 N–H and O–H groups in total. The van der Waals surface area contributed by atoms with E-state index < -0.39 is 5.97 Å². The van der Waals surface area contributed by atoms with Gasteiger partial charge in [0.05, 0.1) is 0 Å². The van der Waals surface area contributed by atoms with Crippen LogP contribution in [-0.4, -0.2) is 22.9 Å². The van der Waals surface area contributed by atoms with E-state index in [2.05, 4.69) is 4.57 Å². The fraction of sp³-hybridized carbons (Fsp3) is 0.308. The molecule has 1 aliphatic rings. The summed E-state index contributed by atoms with van der Waals surface area (Å²) in [4.78, 5) is 25.4. The average molecular weight is 418 g/mol. The zero-order valence-corrected chi connectivity index (χ0v) is 18.2. The number of carbonyl (C=O) groups excluding carboxylic acids is 2. The van der Waals surface area contributed by atoms with Crippen LogP contribution in [0.15, 0.2) is 54.6 Å². The summed E-state index contributed by atoms with van der Waals surface area (Å²) in [5.41, 5.74) is 5.12. The van der Waals surface area contributed by atoms with Crippen molar-refractivity contribution in [3.63, 3.8) is 0 Å². The van der Waals surface area contributed by atoms with Gasteiger partial charge in [0.2, 0.25) is 5.78 Å². The van der Waals surface area contributed by atoms with Gasteiger partial charge >= 0.3 is 5.97 Å². The van der Waals surface area contributed by atoms with Crippen LogP contribution in [0.4, 0.5) is 0 Å². The van der Waals surface area contributed by atoms with Gasteiger partial charge in [0, 0.05) is 23.0 Å². The van der Waals surface area contributed by atoms with E-state index in [0.29, 0.717) is 29.5 Å². The van der Waals surface area contributed by atoms with Crippen LogP contribution in [0.5, 0.6) is 5.75 Å². The van der Waals surface area contributed by atoms with Crippen LogP contribution >= 0.6 is 0 Å². The predicted octanol–water partition coefficient (Wildman–Crippen LogP) is 5.37. The molecule has 4 rings (SSSR count). The van der Waals surface area contributed by atoms with Gasteiger partial charge in [0.15, 0.2) is 6.61 Å². The summed E-state index contributed by atoms with van der Waals surface area (Å²) in [5, 5.41) is 0. The highest BCUT2D eigenvalue weighted by Crippen LogP contribution is 2.38. The van der Waals surface area contributed by atoms with Crippen LogP contribution < -0.4 is 4.74 Å². The van der Waals surface area contributed by atoms with Crippen molar-refractivity contribution >= 4 is 11.8 Å². The van der Waals surface area contributed by atoms with E-state index in [4.69, 9.17) is 9.47 Å². The first-order valence-corrected chi connectivity index (χ1v) is 10.6. The molecule has 0 spiro atoms. The third-order valence-corrected chi connectivity index (χ3v) is 5.61. The van der Waals surface area contributed by atoms with Crippen LogP contribution in [0.2, 0.25) is 0 Å². The number of aromatic nitrogens is 1. The fourth-order valence-corrected chi connectivity index (χ4v) is 3.96. The van der Waals surface area contributed by atoms with Crippen LogP contribution in [-0.2, 0) is 11.3 Å². The minimum Gasteiger partial charge on any atom is -0.488 e. The first-order valence-electron chi connectivity index (χ1n) is 10.6. The Morgan fingerprint density at radius 1 is 0.968 bits per heavy atom. The fourth-order valence-electron chi connectivity index (χ4n) is 3.96. The van der Waals surface area contributed by atoms with E-state index in [9.17, 15) is 9.59 Å². The maximum absolute atomic E-state index is 12.7. The standard InChI is InChI=1S/C26H27NO4/c1-17-7-6-8-20(13-17)15-30-25-10-5-4-9-22(25)26(29)31-16-24(28)23-14-18(2)27(19(23)3)21-11-12-21/h4-10,13-14,21H,11-12,15-16H2,1-3H3. The Kier molecular flexibility index (Phi) is 5.94. The highest BCUT2D eigenvalue weighted by molar-refractivity contribution is 6.01. The van der Waals surface area contributed by atoms with Gasteiger partial charge in [-0.2, -0.15) is 0 Å². The Hall–Kier alpha value is -3.34. The zero-order valence-electron chi connectivity index (χ0n) is 18.2. The molecule has 1 saturated carbocycles. The number of Topliss-reactive ketones (excluding diaryl/α,β-unsaturated/α-hetero) is 1. The third kappa shape index (κ3) is 4.71. The van der Waals surface area contributed by atoms with Gasteiger partial charge in [0.25, 0.3) is 0 Å². The Balaban J connectivity index is 1.41. The number of para-hydroxylation sites is 1. The van der Waals surface area contributed by atoms with E-state index >= 15 is 0 Å². The Bertz CT molecular complexity index is 1120. The van der Waals surface area contributed by atoms with Crippen molar-refractivity contribution in [3.8, 4) is 5.75 Å². The van der Waals surface area contributed by atoms with Crippen molar-refractivity contribution in [2.24, 2.45) is 0 Å². The highest BCUT2D eigenvalue weighted by atomic mass is 16.5. The SMILES string of the molecule is Cc1cccc(COc2ccccc2C(=O)OCC(=O)c2cc(C)n(C3CC3)c2C)c1. The van der Waals surface area contributed by atoms with Gasteiger partial charge in [-0.25, -0.2) is 4.79 Å². The summed E-state index contributed by atoms with van der Waals surface area (Å²) in [5.74, 6) is -0.316. The second-order valence-corrected chi connectivity index (χ2v) is 8.16. The van der Waals surface area contributed by atoms with Crippen LogP contribution in [0, 0.1) is 20.8 Å². The first-order chi connectivity index (χ1) is 14.9. The quantitative estimate of drug-likeness (QED) is 0.365. The van der Waals surface area contributed by atoms with E-state index in [1.807, 2.05) is 51.1 Å². The number of esters is 1. The zero-order chi connectivity index (χ0) is 22.0. The number of rotatable bonds is 8. The molecular formula is C26H27NO4. The molecule has 0 radical (unpaired) electrons. The number of carbonyl (C=O) groups is 2. The van der Waals surface area contributed by atoms with E-state index in [1.165, 1.54) is 0 Å². The predicted molar refractivity (Wildman–Crippen MR) is 119 cm³/mol. The summed E-state index contributed by atoms with van der Waals surface area (Å²) < 4.78 is 13.4. The monoisotopic (exact) mass is 417 g/mol. The molecule has 3 aromatic rings. The molecular weight excluding hydrogens is 390 g/mol. The van der Waals surface area contributed by atoms with Crippen molar-refractivity contribution < 1.29 is 19.1 Å². The number of hydrogen-bond acceptors (Lipinski definition) is 4. The van der Waals surface area contributed by atoms with Gasteiger partial charge in [-0.15, -0.1) is 0 Å². The molecule has 1 heterocycles. The van der Waals surface area contributed by atoms with Gasteiger partial charge in [0.1, 0.15) is 17.9 Å². The van der Waals surface area contributed by atoms with Gasteiger partial charge < -0.3 is 14.0 Å². The number of ketones is 1. The van der Waals surface area contributed by atoms with Gasteiger partial charge in [-0.05, 0) is 57.4 Å². The molecule has 5 heteroatoms. The van der Waals surface area contributed by atoms with Gasteiger partial charge in [-0.3, -0.25) is 4.79 Å². The molecule has 0 unspecified atom stereocenters. The van der Waals surface area contributed by atoms with Crippen LogP contribution in [0.25, 0.3) is 0 Å². The summed E-state index contributed by atoms with van der Waals surface area (Å²) in [6.07, 6.45) is 2.30. The van der Waals surface area contributed by atoms with Crippen LogP contribution in [0.3, 0.4) is 0 Å². The molecule has 1 fully saturated rings. The minimum atomic E-state index is -0.566. The van der Waals surface area contributed by atoms with Crippen LogP contribution in [0.1, 0.15) is 62.1 Å². The Labute approximate surface area is 182 Å². The second-order valence-electron chi connectivity index (χ2n) is 8.16. The smallest absolute Gasteiger partial charge is 0.342 e. The Morgan fingerprint density at radius 3 is 2.48 bits per heavy atom. The van der Waals surface area contributed by atoms with Crippen molar-refractivity contribution in [2.75, 3.05) is 6.61 Å². The summed E-state index contributed by atoms with van der Waals surface area (Å²) in [7, 11) is 0. The van der Waals surface area contributed by atoms with E-state index in [-0.39, 0.29) is 12.4 Å². The molecule has 1 aliphatic carbocycles. The van der Waals surface area contributed by atoms with Crippen molar-refractivity contribution in [1.29, 1.82) is 0 Å². The average Bonchev–Trinajstić information content (AvgIpc) is 3.54. The molecule has 2 aromatic carbocycles. The molecule has 5 nitrogen and oxygen atoms in total. The molecule has 31 heavy (non-hydrogen) atoms. The number of ether oxygens (including phenoxy) is 2. The maximum atomic E-state index is 12.7. The first kappa shape index (κ1) is 20.9. The van der Waals surface area contributed by atoms with E-state index in [0.717, 1.165) is 35.4 Å². The summed E-state index contributed by atoms with van der Waals surface area (Å²) >= 11 is 0.